The van der Waals surface area contributed by atoms with Gasteiger partial charge in [0, 0.05) is 0 Å². The summed E-state index contributed by atoms with van der Waals surface area (Å²) in [6.45, 7) is 3.85. The Bertz CT molecular complexity index is 602. The molecule has 1 aromatic carbocycles. The Morgan fingerprint density at radius 3 is 2.56 bits per heavy atom. The van der Waals surface area contributed by atoms with E-state index in [4.69, 9.17) is 23.2 Å². The molecule has 3 nitrogen and oxygen atoms in total. The highest BCUT2D eigenvalue weighted by Crippen LogP contribution is 2.33. The zero-order chi connectivity index (χ0) is 13.3. The molecule has 0 aliphatic carbocycles. The molecule has 1 heterocycles. The molecule has 0 atom stereocenters. The van der Waals surface area contributed by atoms with Crippen molar-refractivity contribution in [2.45, 2.75) is 13.8 Å². The Kier molecular flexibility index (Phi) is 4.10. The van der Waals surface area contributed by atoms with Crippen molar-refractivity contribution < 1.29 is 0 Å². The van der Waals surface area contributed by atoms with Crippen molar-refractivity contribution in [3.63, 3.8) is 0 Å². The third kappa shape index (κ3) is 2.60. The quantitative estimate of drug-likeness (QED) is 0.839. The minimum absolute atomic E-state index is 0.420. The Morgan fingerprint density at radius 2 is 1.83 bits per heavy atom. The van der Waals surface area contributed by atoms with Crippen LogP contribution in [0.1, 0.15) is 11.1 Å². The van der Waals surface area contributed by atoms with Gasteiger partial charge in [-0.05, 0) is 53.0 Å². The molecule has 2 aromatic rings. The van der Waals surface area contributed by atoms with Gasteiger partial charge < -0.3 is 5.32 Å². The first kappa shape index (κ1) is 13.6. The Labute approximate surface area is 124 Å². The van der Waals surface area contributed by atoms with Crippen LogP contribution in [-0.4, -0.2) is 10.2 Å². The fourth-order valence-electron chi connectivity index (χ4n) is 1.42. The lowest BCUT2D eigenvalue weighted by Crippen LogP contribution is -2.01. The van der Waals surface area contributed by atoms with Gasteiger partial charge in [-0.2, -0.15) is 0 Å². The number of nitrogens with zero attached hydrogens (tertiary/aromatic N) is 2. The van der Waals surface area contributed by atoms with Gasteiger partial charge in [-0.25, -0.2) is 0 Å². The molecule has 2 rings (SSSR count). The molecule has 0 radical (unpaired) electrons. The van der Waals surface area contributed by atoms with Crippen molar-refractivity contribution in [2.75, 3.05) is 5.32 Å². The fraction of sp³-hybridized carbons (Fsp3) is 0.167. The molecule has 0 aliphatic heterocycles. The van der Waals surface area contributed by atoms with Gasteiger partial charge in [0.1, 0.15) is 0 Å². The number of aromatic nitrogens is 2. The monoisotopic (exact) mass is 345 g/mol. The molecule has 0 spiro atoms. The van der Waals surface area contributed by atoms with E-state index in [1.807, 2.05) is 32.0 Å². The van der Waals surface area contributed by atoms with Crippen LogP contribution in [0.2, 0.25) is 10.2 Å². The standard InChI is InChI=1S/C12H10BrCl2N3/c1-6-7(2)12(18-17-11(6)15)16-9-5-3-4-8(14)10(9)13/h3-5H,1-2H3,(H,16,18). The summed E-state index contributed by atoms with van der Waals surface area (Å²) in [5, 5.41) is 12.2. The minimum atomic E-state index is 0.420. The van der Waals surface area contributed by atoms with Crippen molar-refractivity contribution in [1.29, 1.82) is 0 Å². The normalized spacial score (nSPS) is 10.5. The van der Waals surface area contributed by atoms with E-state index in [1.165, 1.54) is 0 Å². The van der Waals surface area contributed by atoms with E-state index in [0.29, 0.717) is 16.0 Å². The number of hydrogen-bond donors (Lipinski definition) is 1. The van der Waals surface area contributed by atoms with Gasteiger partial charge in [-0.3, -0.25) is 0 Å². The fourth-order valence-corrected chi connectivity index (χ4v) is 2.14. The summed E-state index contributed by atoms with van der Waals surface area (Å²) >= 11 is 15.4. The van der Waals surface area contributed by atoms with E-state index < -0.39 is 0 Å². The highest BCUT2D eigenvalue weighted by Gasteiger charge is 2.10. The van der Waals surface area contributed by atoms with Crippen molar-refractivity contribution in [1.82, 2.24) is 10.2 Å². The van der Waals surface area contributed by atoms with Gasteiger partial charge in [0.15, 0.2) is 11.0 Å². The minimum Gasteiger partial charge on any atom is -0.338 e. The maximum Gasteiger partial charge on any atom is 0.156 e. The van der Waals surface area contributed by atoms with Crippen LogP contribution in [-0.2, 0) is 0 Å². The van der Waals surface area contributed by atoms with Crippen LogP contribution >= 0.6 is 39.1 Å². The first-order chi connectivity index (χ1) is 8.50. The molecule has 1 aromatic heterocycles. The Balaban J connectivity index is 2.41. The van der Waals surface area contributed by atoms with E-state index in [0.717, 1.165) is 21.3 Å². The molecule has 1 N–H and O–H groups in total. The lowest BCUT2D eigenvalue weighted by atomic mass is 10.2. The summed E-state index contributed by atoms with van der Waals surface area (Å²) in [5.41, 5.74) is 2.70. The van der Waals surface area contributed by atoms with E-state index in [9.17, 15) is 0 Å². The molecule has 0 saturated carbocycles. The number of nitrogens with one attached hydrogen (secondary N) is 1. The van der Waals surface area contributed by atoms with E-state index in [2.05, 4.69) is 31.4 Å². The van der Waals surface area contributed by atoms with Gasteiger partial charge in [0.25, 0.3) is 0 Å². The van der Waals surface area contributed by atoms with Gasteiger partial charge in [0.2, 0.25) is 0 Å². The third-order valence-electron chi connectivity index (χ3n) is 2.67. The smallest absolute Gasteiger partial charge is 0.156 e. The zero-order valence-corrected chi connectivity index (χ0v) is 12.9. The second-order valence-electron chi connectivity index (χ2n) is 3.82. The van der Waals surface area contributed by atoms with Crippen molar-refractivity contribution in [3.8, 4) is 0 Å². The third-order valence-corrected chi connectivity index (χ3v) is 4.43. The molecule has 18 heavy (non-hydrogen) atoms. The highest BCUT2D eigenvalue weighted by molar-refractivity contribution is 9.10. The summed E-state index contributed by atoms with van der Waals surface area (Å²) < 4.78 is 0.792. The predicted octanol–water partition coefficient (Wildman–Crippen LogP) is 4.91. The van der Waals surface area contributed by atoms with Crippen LogP contribution in [0.15, 0.2) is 22.7 Å². The van der Waals surface area contributed by atoms with Gasteiger partial charge in [0.05, 0.1) is 15.2 Å². The molecular weight excluding hydrogens is 337 g/mol. The largest absolute Gasteiger partial charge is 0.338 e. The first-order valence-electron chi connectivity index (χ1n) is 5.21. The molecule has 0 bridgehead atoms. The van der Waals surface area contributed by atoms with Gasteiger partial charge >= 0.3 is 0 Å². The summed E-state index contributed by atoms with van der Waals surface area (Å²) in [7, 11) is 0. The van der Waals surface area contributed by atoms with Crippen LogP contribution in [0.5, 0.6) is 0 Å². The lowest BCUT2D eigenvalue weighted by molar-refractivity contribution is 1.00. The average Bonchev–Trinajstić information content (AvgIpc) is 2.35. The molecular formula is C12H10BrCl2N3. The van der Waals surface area contributed by atoms with E-state index in [-0.39, 0.29) is 0 Å². The van der Waals surface area contributed by atoms with Crippen LogP contribution in [0.4, 0.5) is 11.5 Å². The first-order valence-corrected chi connectivity index (χ1v) is 6.76. The van der Waals surface area contributed by atoms with Crippen LogP contribution < -0.4 is 5.32 Å². The highest BCUT2D eigenvalue weighted by atomic mass is 79.9. The van der Waals surface area contributed by atoms with Gasteiger partial charge in [-0.1, -0.05) is 29.3 Å². The van der Waals surface area contributed by atoms with Crippen LogP contribution in [0, 0.1) is 13.8 Å². The Hall–Kier alpha value is -0.840. The molecule has 6 heteroatoms. The summed E-state index contributed by atoms with van der Waals surface area (Å²) in [6.07, 6.45) is 0. The van der Waals surface area contributed by atoms with E-state index >= 15 is 0 Å². The van der Waals surface area contributed by atoms with Crippen molar-refractivity contribution in [2.24, 2.45) is 0 Å². The van der Waals surface area contributed by atoms with Crippen molar-refractivity contribution in [3.05, 3.63) is 44.0 Å². The lowest BCUT2D eigenvalue weighted by Gasteiger charge is -2.12. The predicted molar refractivity (Wildman–Crippen MR) is 79.0 cm³/mol. The Morgan fingerprint density at radius 1 is 1.11 bits per heavy atom. The number of anilines is 2. The number of rotatable bonds is 2. The number of benzene rings is 1. The zero-order valence-electron chi connectivity index (χ0n) is 9.76. The van der Waals surface area contributed by atoms with Crippen LogP contribution in [0.3, 0.4) is 0 Å². The molecule has 0 unspecified atom stereocenters. The summed E-state index contributed by atoms with van der Waals surface area (Å²) in [5.74, 6) is 0.667. The molecule has 94 valence electrons. The molecule has 0 fully saturated rings. The molecule has 0 amide bonds. The van der Waals surface area contributed by atoms with Crippen molar-refractivity contribution >= 4 is 50.6 Å². The number of halogens is 3. The number of hydrogen-bond acceptors (Lipinski definition) is 3. The summed E-state index contributed by atoms with van der Waals surface area (Å²) in [4.78, 5) is 0. The topological polar surface area (TPSA) is 37.8 Å². The second kappa shape index (κ2) is 5.43. The molecule has 0 saturated heterocycles. The maximum absolute atomic E-state index is 6.03. The van der Waals surface area contributed by atoms with Gasteiger partial charge in [-0.15, -0.1) is 10.2 Å². The van der Waals surface area contributed by atoms with Crippen LogP contribution in [0.25, 0.3) is 0 Å². The second-order valence-corrected chi connectivity index (χ2v) is 5.37. The summed E-state index contributed by atoms with van der Waals surface area (Å²) in [6, 6.07) is 5.57. The average molecular weight is 347 g/mol. The molecule has 0 aliphatic rings. The maximum atomic E-state index is 6.03. The van der Waals surface area contributed by atoms with E-state index in [1.54, 1.807) is 0 Å². The SMILES string of the molecule is Cc1c(Cl)nnc(Nc2cccc(Cl)c2Br)c1C.